The number of rotatable bonds is 8. The van der Waals surface area contributed by atoms with E-state index in [1.54, 1.807) is 0 Å². The van der Waals surface area contributed by atoms with E-state index < -0.39 is 16.8 Å². The predicted molar refractivity (Wildman–Crippen MR) is 85.3 cm³/mol. The minimum Gasteiger partial charge on any atom is -0.481 e. The summed E-state index contributed by atoms with van der Waals surface area (Å²) in [7, 11) is 0. The Hall–Kier alpha value is -1.84. The van der Waals surface area contributed by atoms with Gasteiger partial charge >= 0.3 is 11.9 Å². The van der Waals surface area contributed by atoms with Gasteiger partial charge in [0, 0.05) is 0 Å². The van der Waals surface area contributed by atoms with E-state index in [4.69, 9.17) is 9.84 Å². The molecule has 0 radical (unpaired) electrons. The zero-order valence-corrected chi connectivity index (χ0v) is 13.9. The average molecular weight is 306 g/mol. The van der Waals surface area contributed by atoms with Crippen molar-refractivity contribution < 1.29 is 19.4 Å². The van der Waals surface area contributed by atoms with E-state index >= 15 is 0 Å². The lowest BCUT2D eigenvalue weighted by Gasteiger charge is -2.34. The smallest absolute Gasteiger partial charge is 0.312 e. The zero-order valence-electron chi connectivity index (χ0n) is 13.9. The molecule has 0 saturated heterocycles. The summed E-state index contributed by atoms with van der Waals surface area (Å²) < 4.78 is 5.45. The molecule has 1 aromatic rings. The Morgan fingerprint density at radius 2 is 1.73 bits per heavy atom. The number of aliphatic carboxylic acids is 1. The van der Waals surface area contributed by atoms with E-state index in [1.165, 1.54) is 0 Å². The first kappa shape index (κ1) is 18.2. The molecule has 0 aliphatic rings. The van der Waals surface area contributed by atoms with Gasteiger partial charge in [-0.1, -0.05) is 51.1 Å². The maximum atomic E-state index is 12.5. The van der Waals surface area contributed by atoms with Crippen molar-refractivity contribution >= 4 is 11.9 Å². The first-order valence-corrected chi connectivity index (χ1v) is 7.61. The second kappa shape index (κ2) is 7.43. The van der Waals surface area contributed by atoms with Crippen molar-refractivity contribution in [3.63, 3.8) is 0 Å². The number of carbonyl (C=O) groups excluding carboxylic acids is 1. The molecule has 0 bridgehead atoms. The summed E-state index contributed by atoms with van der Waals surface area (Å²) in [6.07, 6.45) is 1.13. The average Bonchev–Trinajstić information content (AvgIpc) is 2.43. The fraction of sp³-hybridized carbons (Fsp3) is 0.556. The van der Waals surface area contributed by atoms with Crippen LogP contribution in [-0.2, 0) is 20.9 Å². The molecule has 1 unspecified atom stereocenters. The summed E-state index contributed by atoms with van der Waals surface area (Å²) in [5.74, 6) is -1.11. The summed E-state index contributed by atoms with van der Waals surface area (Å²) >= 11 is 0. The van der Waals surface area contributed by atoms with Crippen LogP contribution in [0.1, 0.15) is 52.5 Å². The number of hydrogen-bond acceptors (Lipinski definition) is 3. The van der Waals surface area contributed by atoms with Gasteiger partial charge in [-0.25, -0.2) is 0 Å². The number of hydrogen-bond donors (Lipinski definition) is 1. The molecule has 22 heavy (non-hydrogen) atoms. The van der Waals surface area contributed by atoms with Gasteiger partial charge in [-0.15, -0.1) is 0 Å². The van der Waals surface area contributed by atoms with Gasteiger partial charge in [0.15, 0.2) is 0 Å². The zero-order chi connectivity index (χ0) is 16.8. The molecule has 0 aliphatic heterocycles. The molecule has 4 nitrogen and oxygen atoms in total. The number of carbonyl (C=O) groups is 2. The van der Waals surface area contributed by atoms with E-state index in [9.17, 15) is 9.59 Å². The lowest BCUT2D eigenvalue weighted by atomic mass is 9.71. The van der Waals surface area contributed by atoms with E-state index in [0.717, 1.165) is 5.56 Å². The van der Waals surface area contributed by atoms with Crippen molar-refractivity contribution in [1.82, 2.24) is 0 Å². The highest BCUT2D eigenvalue weighted by Gasteiger charge is 2.39. The number of ether oxygens (including phenoxy) is 1. The SMILES string of the molecule is CCC(C)(CC(C)(C)CC(=O)O)C(=O)OCc1ccccc1. The molecule has 122 valence electrons. The van der Waals surface area contributed by atoms with Crippen LogP contribution in [0.5, 0.6) is 0 Å². The number of carboxylic acids is 1. The minimum absolute atomic E-state index is 0.0363. The van der Waals surface area contributed by atoms with Crippen LogP contribution in [0.2, 0.25) is 0 Å². The van der Waals surface area contributed by atoms with Crippen LogP contribution in [0.25, 0.3) is 0 Å². The van der Waals surface area contributed by atoms with Gasteiger partial charge in [0.25, 0.3) is 0 Å². The Kier molecular flexibility index (Phi) is 6.15. The highest BCUT2D eigenvalue weighted by molar-refractivity contribution is 5.76. The molecule has 0 aliphatic carbocycles. The Bertz CT molecular complexity index is 507. The van der Waals surface area contributed by atoms with Gasteiger partial charge in [-0.2, -0.15) is 0 Å². The number of esters is 1. The van der Waals surface area contributed by atoms with Crippen LogP contribution in [0.15, 0.2) is 30.3 Å². The Morgan fingerprint density at radius 3 is 2.23 bits per heavy atom. The minimum atomic E-state index is -0.846. The van der Waals surface area contributed by atoms with Gasteiger partial charge < -0.3 is 9.84 Å². The summed E-state index contributed by atoms with van der Waals surface area (Å²) in [6, 6.07) is 9.53. The van der Waals surface area contributed by atoms with Crippen LogP contribution in [-0.4, -0.2) is 17.0 Å². The Morgan fingerprint density at radius 1 is 1.14 bits per heavy atom. The Balaban J connectivity index is 2.71. The maximum absolute atomic E-state index is 12.5. The Labute approximate surface area is 132 Å². The van der Waals surface area contributed by atoms with Crippen molar-refractivity contribution in [2.24, 2.45) is 10.8 Å². The number of benzene rings is 1. The number of carboxylic acid groups (broad SMARTS) is 1. The quantitative estimate of drug-likeness (QED) is 0.736. The van der Waals surface area contributed by atoms with Crippen LogP contribution in [0.4, 0.5) is 0 Å². The molecular weight excluding hydrogens is 280 g/mol. The molecule has 1 rings (SSSR count). The van der Waals surface area contributed by atoms with Gasteiger partial charge in [0.1, 0.15) is 6.61 Å². The molecule has 4 heteroatoms. The fourth-order valence-electron chi connectivity index (χ4n) is 2.77. The standard InChI is InChI=1S/C18H26O4/c1-5-18(4,13-17(2,3)11-15(19)20)16(21)22-12-14-9-7-6-8-10-14/h6-10H,5,11-13H2,1-4H3,(H,19,20). The molecule has 0 spiro atoms. The first-order valence-electron chi connectivity index (χ1n) is 7.61. The van der Waals surface area contributed by atoms with Gasteiger partial charge in [-0.05, 0) is 30.7 Å². The molecular formula is C18H26O4. The highest BCUT2D eigenvalue weighted by atomic mass is 16.5. The van der Waals surface area contributed by atoms with Crippen LogP contribution >= 0.6 is 0 Å². The van der Waals surface area contributed by atoms with E-state index in [-0.39, 0.29) is 19.0 Å². The van der Waals surface area contributed by atoms with E-state index in [0.29, 0.717) is 12.8 Å². The first-order chi connectivity index (χ1) is 10.2. The fourth-order valence-corrected chi connectivity index (χ4v) is 2.77. The summed E-state index contributed by atoms with van der Waals surface area (Å²) in [4.78, 5) is 23.4. The molecule has 0 heterocycles. The second-order valence-electron chi connectivity index (χ2n) is 6.89. The third kappa shape index (κ3) is 5.51. The van der Waals surface area contributed by atoms with Crippen molar-refractivity contribution in [3.8, 4) is 0 Å². The van der Waals surface area contributed by atoms with Crippen molar-refractivity contribution in [2.45, 2.75) is 53.6 Å². The molecule has 0 fully saturated rings. The monoisotopic (exact) mass is 306 g/mol. The summed E-state index contributed by atoms with van der Waals surface area (Å²) in [5, 5.41) is 8.99. The van der Waals surface area contributed by atoms with Crippen LogP contribution in [0.3, 0.4) is 0 Å². The van der Waals surface area contributed by atoms with E-state index in [2.05, 4.69) is 0 Å². The van der Waals surface area contributed by atoms with Gasteiger partial charge in [-0.3, -0.25) is 9.59 Å². The van der Waals surface area contributed by atoms with Gasteiger partial charge in [0.05, 0.1) is 11.8 Å². The molecule has 0 saturated carbocycles. The molecule has 0 amide bonds. The summed E-state index contributed by atoms with van der Waals surface area (Å²) in [5.41, 5.74) is -0.185. The predicted octanol–water partition coefficient (Wildman–Crippen LogP) is 4.04. The van der Waals surface area contributed by atoms with Crippen LogP contribution < -0.4 is 0 Å². The van der Waals surface area contributed by atoms with Crippen molar-refractivity contribution in [2.75, 3.05) is 0 Å². The normalized spacial score (nSPS) is 14.2. The third-order valence-corrected chi connectivity index (χ3v) is 3.98. The molecule has 0 aromatic heterocycles. The molecule has 1 N–H and O–H groups in total. The molecule has 1 aromatic carbocycles. The van der Waals surface area contributed by atoms with E-state index in [1.807, 2.05) is 58.0 Å². The molecule has 1 atom stereocenters. The van der Waals surface area contributed by atoms with Gasteiger partial charge in [0.2, 0.25) is 0 Å². The van der Waals surface area contributed by atoms with Crippen molar-refractivity contribution in [3.05, 3.63) is 35.9 Å². The topological polar surface area (TPSA) is 63.6 Å². The summed E-state index contributed by atoms with van der Waals surface area (Å²) in [6.45, 7) is 7.78. The lowest BCUT2D eigenvalue weighted by molar-refractivity contribution is -0.159. The largest absolute Gasteiger partial charge is 0.481 e. The highest BCUT2D eigenvalue weighted by Crippen LogP contribution is 2.39. The van der Waals surface area contributed by atoms with Crippen molar-refractivity contribution in [1.29, 1.82) is 0 Å². The lowest BCUT2D eigenvalue weighted by Crippen LogP contribution is -2.35. The maximum Gasteiger partial charge on any atom is 0.312 e. The van der Waals surface area contributed by atoms with Crippen LogP contribution in [0, 0.1) is 10.8 Å². The third-order valence-electron chi connectivity index (χ3n) is 3.98. The second-order valence-corrected chi connectivity index (χ2v) is 6.89.